The lowest BCUT2D eigenvalue weighted by atomic mass is 10.1. The number of ether oxygens (including phenoxy) is 1. The Morgan fingerprint density at radius 3 is 2.67 bits per heavy atom. The van der Waals surface area contributed by atoms with E-state index in [-0.39, 0.29) is 26.4 Å². The zero-order valence-electron chi connectivity index (χ0n) is 10.9. The van der Waals surface area contributed by atoms with Crippen LogP contribution in [0.25, 0.3) is 0 Å². The summed E-state index contributed by atoms with van der Waals surface area (Å²) < 4.78 is 28.0. The van der Waals surface area contributed by atoms with Crippen LogP contribution in [0.1, 0.15) is 16.8 Å². The Bertz CT molecular complexity index is 657. The van der Waals surface area contributed by atoms with E-state index in [0.717, 1.165) is 12.5 Å². The lowest BCUT2D eigenvalue weighted by Gasteiger charge is -2.12. The number of halogens is 2. The third-order valence-corrected chi connectivity index (χ3v) is 4.84. The van der Waals surface area contributed by atoms with Gasteiger partial charge in [-0.3, -0.25) is 4.79 Å². The van der Waals surface area contributed by atoms with Gasteiger partial charge in [-0.25, -0.2) is 13.6 Å². The van der Waals surface area contributed by atoms with Crippen LogP contribution < -0.4 is 10.5 Å². The summed E-state index contributed by atoms with van der Waals surface area (Å²) in [5, 5.41) is 7.68. The van der Waals surface area contributed by atoms with Gasteiger partial charge in [-0.15, -0.1) is 0 Å². The van der Waals surface area contributed by atoms with Gasteiger partial charge in [-0.2, -0.15) is 0 Å². The van der Waals surface area contributed by atoms with Crippen molar-refractivity contribution in [2.45, 2.75) is 11.3 Å². The number of nitrogens with one attached hydrogen (secondary N) is 1. The first kappa shape index (κ1) is 16.5. The van der Waals surface area contributed by atoms with Gasteiger partial charge in [0.05, 0.1) is 22.2 Å². The molecule has 1 unspecified atom stereocenters. The number of hydrogen-bond donors (Lipinski definition) is 2. The van der Waals surface area contributed by atoms with Gasteiger partial charge in [0.1, 0.15) is 4.90 Å². The van der Waals surface area contributed by atoms with E-state index in [1.54, 1.807) is 0 Å². The van der Waals surface area contributed by atoms with Gasteiger partial charge in [0.2, 0.25) is 10.0 Å². The predicted molar refractivity (Wildman–Crippen MR) is 79.1 cm³/mol. The standard InChI is InChI=1S/C12H14Cl2N2O4S/c13-9-4-10(14)11(21(15,18)19)3-8(9)12(17)16-5-7-1-2-20-6-7/h3-4,7H,1-2,5-6H2,(H,16,17)(H2,15,18,19). The zero-order valence-corrected chi connectivity index (χ0v) is 13.3. The fourth-order valence-corrected chi connectivity index (χ4v) is 3.40. The van der Waals surface area contributed by atoms with Crippen molar-refractivity contribution in [1.82, 2.24) is 5.32 Å². The number of benzene rings is 1. The summed E-state index contributed by atoms with van der Waals surface area (Å²) in [7, 11) is -4.03. The van der Waals surface area contributed by atoms with E-state index in [1.807, 2.05) is 0 Å². The molecule has 1 aliphatic rings. The van der Waals surface area contributed by atoms with E-state index in [1.165, 1.54) is 6.07 Å². The molecule has 0 saturated carbocycles. The number of carbonyl (C=O) groups excluding carboxylic acids is 1. The van der Waals surface area contributed by atoms with Crippen molar-refractivity contribution in [1.29, 1.82) is 0 Å². The molecule has 1 amide bonds. The fraction of sp³-hybridized carbons (Fsp3) is 0.417. The van der Waals surface area contributed by atoms with Crippen LogP contribution in [0.15, 0.2) is 17.0 Å². The largest absolute Gasteiger partial charge is 0.381 e. The van der Waals surface area contributed by atoms with Crippen molar-refractivity contribution in [3.05, 3.63) is 27.7 Å². The highest BCUT2D eigenvalue weighted by Crippen LogP contribution is 2.28. The van der Waals surface area contributed by atoms with Crippen molar-refractivity contribution < 1.29 is 17.9 Å². The molecule has 0 aromatic heterocycles. The van der Waals surface area contributed by atoms with Crippen LogP contribution >= 0.6 is 23.2 Å². The first-order chi connectivity index (χ1) is 9.79. The molecule has 1 aromatic rings. The van der Waals surface area contributed by atoms with Crippen molar-refractivity contribution in [2.24, 2.45) is 11.1 Å². The van der Waals surface area contributed by atoms with E-state index in [9.17, 15) is 13.2 Å². The van der Waals surface area contributed by atoms with Crippen LogP contribution in [-0.4, -0.2) is 34.1 Å². The maximum Gasteiger partial charge on any atom is 0.252 e. The molecule has 9 heteroatoms. The SMILES string of the molecule is NS(=O)(=O)c1cc(C(=O)NCC2CCOC2)c(Cl)cc1Cl. The van der Waals surface area contributed by atoms with E-state index in [0.29, 0.717) is 19.8 Å². The van der Waals surface area contributed by atoms with E-state index < -0.39 is 15.9 Å². The molecule has 1 aliphatic heterocycles. The Balaban J connectivity index is 2.20. The second-order valence-electron chi connectivity index (χ2n) is 4.75. The second-order valence-corrected chi connectivity index (χ2v) is 7.09. The minimum atomic E-state index is -4.03. The Morgan fingerprint density at radius 2 is 2.10 bits per heavy atom. The molecule has 21 heavy (non-hydrogen) atoms. The van der Waals surface area contributed by atoms with Gasteiger partial charge in [-0.05, 0) is 18.6 Å². The highest BCUT2D eigenvalue weighted by molar-refractivity contribution is 7.89. The van der Waals surface area contributed by atoms with Gasteiger partial charge in [0.25, 0.3) is 5.91 Å². The molecule has 6 nitrogen and oxygen atoms in total. The number of sulfonamides is 1. The summed E-state index contributed by atoms with van der Waals surface area (Å²) in [5.41, 5.74) is 0.0176. The summed E-state index contributed by atoms with van der Waals surface area (Å²) in [5.74, 6) is -0.230. The van der Waals surface area contributed by atoms with Crippen LogP contribution in [0.2, 0.25) is 10.0 Å². The minimum absolute atomic E-state index is 0.0176. The first-order valence-electron chi connectivity index (χ1n) is 6.17. The number of primary sulfonamides is 1. The van der Waals surface area contributed by atoms with Crippen molar-refractivity contribution in [3.63, 3.8) is 0 Å². The number of hydrogen-bond acceptors (Lipinski definition) is 4. The van der Waals surface area contributed by atoms with Gasteiger partial charge < -0.3 is 10.1 Å². The summed E-state index contributed by atoms with van der Waals surface area (Å²) in [6, 6.07) is 2.27. The topological polar surface area (TPSA) is 98.5 Å². The highest BCUT2D eigenvalue weighted by Gasteiger charge is 2.21. The van der Waals surface area contributed by atoms with Gasteiger partial charge in [0.15, 0.2) is 0 Å². The van der Waals surface area contributed by atoms with E-state index in [2.05, 4.69) is 5.32 Å². The molecule has 3 N–H and O–H groups in total. The fourth-order valence-electron chi connectivity index (χ4n) is 2.00. The molecule has 116 valence electrons. The number of rotatable bonds is 4. The summed E-state index contributed by atoms with van der Waals surface area (Å²) >= 11 is 11.7. The molecule has 2 rings (SSSR count). The molecule has 1 aromatic carbocycles. The molecule has 1 saturated heterocycles. The summed E-state index contributed by atoms with van der Waals surface area (Å²) in [4.78, 5) is 11.8. The quantitative estimate of drug-likeness (QED) is 0.855. The van der Waals surface area contributed by atoms with E-state index in [4.69, 9.17) is 33.1 Å². The molecule has 0 radical (unpaired) electrons. The zero-order chi connectivity index (χ0) is 15.6. The monoisotopic (exact) mass is 352 g/mol. The number of carbonyl (C=O) groups is 1. The average molecular weight is 353 g/mol. The molecule has 0 spiro atoms. The molecule has 1 atom stereocenters. The van der Waals surface area contributed by atoms with Crippen LogP contribution in [-0.2, 0) is 14.8 Å². The second kappa shape index (κ2) is 6.50. The summed E-state index contributed by atoms with van der Waals surface area (Å²) in [6.45, 7) is 1.71. The Hall–Kier alpha value is -0.860. The Kier molecular flexibility index (Phi) is 5.11. The van der Waals surface area contributed by atoms with Crippen LogP contribution in [0.5, 0.6) is 0 Å². The molecule has 1 fully saturated rings. The van der Waals surface area contributed by atoms with Crippen molar-refractivity contribution in [3.8, 4) is 0 Å². The number of amides is 1. The molecular weight excluding hydrogens is 339 g/mol. The van der Waals surface area contributed by atoms with Crippen molar-refractivity contribution >= 4 is 39.1 Å². The lowest BCUT2D eigenvalue weighted by Crippen LogP contribution is -2.30. The van der Waals surface area contributed by atoms with E-state index >= 15 is 0 Å². The Morgan fingerprint density at radius 1 is 1.38 bits per heavy atom. The molecule has 0 bridgehead atoms. The van der Waals surface area contributed by atoms with Gasteiger partial charge in [-0.1, -0.05) is 23.2 Å². The predicted octanol–water partition coefficient (Wildman–Crippen LogP) is 1.41. The summed E-state index contributed by atoms with van der Waals surface area (Å²) in [6.07, 6.45) is 0.872. The highest BCUT2D eigenvalue weighted by atomic mass is 35.5. The Labute approximate surface area is 132 Å². The van der Waals surface area contributed by atoms with Crippen LogP contribution in [0.3, 0.4) is 0 Å². The average Bonchev–Trinajstić information content (AvgIpc) is 2.87. The van der Waals surface area contributed by atoms with Crippen LogP contribution in [0.4, 0.5) is 0 Å². The smallest absolute Gasteiger partial charge is 0.252 e. The maximum atomic E-state index is 12.1. The maximum absolute atomic E-state index is 12.1. The minimum Gasteiger partial charge on any atom is -0.381 e. The van der Waals surface area contributed by atoms with Crippen molar-refractivity contribution in [2.75, 3.05) is 19.8 Å². The van der Waals surface area contributed by atoms with Crippen LogP contribution in [0, 0.1) is 5.92 Å². The normalized spacial score (nSPS) is 18.7. The molecule has 0 aliphatic carbocycles. The van der Waals surface area contributed by atoms with Gasteiger partial charge >= 0.3 is 0 Å². The lowest BCUT2D eigenvalue weighted by molar-refractivity contribution is 0.0945. The number of nitrogens with two attached hydrogens (primary N) is 1. The third kappa shape index (κ3) is 4.08. The molecular formula is C12H14Cl2N2O4S. The first-order valence-corrected chi connectivity index (χ1v) is 8.47. The third-order valence-electron chi connectivity index (χ3n) is 3.15. The van der Waals surface area contributed by atoms with Gasteiger partial charge in [0, 0.05) is 19.1 Å². The molecule has 1 heterocycles.